The molecular weight excluding hydrogens is 214 g/mol. The highest BCUT2D eigenvalue weighted by molar-refractivity contribution is 6.05. The van der Waals surface area contributed by atoms with Crippen LogP contribution < -0.4 is 5.32 Å². The Morgan fingerprint density at radius 3 is 1.94 bits per heavy atom. The van der Waals surface area contributed by atoms with Crippen molar-refractivity contribution >= 4 is 17.8 Å². The molecule has 6 heteroatoms. The normalized spacial score (nSPS) is 9.12. The van der Waals surface area contributed by atoms with Gasteiger partial charge in [-0.05, 0) is 19.8 Å². The van der Waals surface area contributed by atoms with Crippen LogP contribution in [0, 0.1) is 12.3 Å². The predicted octanol–water partition coefficient (Wildman–Crippen LogP) is -0.769. The Kier molecular flexibility index (Phi) is 6.36. The number of carbonyl (C=O) groups excluding carboxylic acids is 3. The second-order valence-electron chi connectivity index (χ2n) is 2.55. The van der Waals surface area contributed by atoms with E-state index in [1.165, 1.54) is 0 Å². The number of nitrogens with one attached hydrogen (secondary N) is 1. The molecule has 0 rings (SSSR count). The van der Waals surface area contributed by atoms with Crippen LogP contribution in [-0.4, -0.2) is 37.1 Å². The largest absolute Gasteiger partial charge is 0.464 e. The molecule has 0 atom stereocenters. The van der Waals surface area contributed by atoms with Crippen LogP contribution in [-0.2, 0) is 23.9 Å². The van der Waals surface area contributed by atoms with Crippen molar-refractivity contribution in [3.8, 4) is 12.3 Å². The topological polar surface area (TPSA) is 81.7 Å². The van der Waals surface area contributed by atoms with Gasteiger partial charge in [-0.1, -0.05) is 0 Å². The van der Waals surface area contributed by atoms with E-state index in [1.54, 1.807) is 19.8 Å². The lowest BCUT2D eigenvalue weighted by atomic mass is 10.3. The first-order chi connectivity index (χ1) is 7.56. The third-order valence-electron chi connectivity index (χ3n) is 1.45. The van der Waals surface area contributed by atoms with E-state index in [9.17, 15) is 14.4 Å². The van der Waals surface area contributed by atoms with E-state index in [-0.39, 0.29) is 13.2 Å². The van der Waals surface area contributed by atoms with E-state index in [4.69, 9.17) is 6.42 Å². The second-order valence-corrected chi connectivity index (χ2v) is 2.55. The average Bonchev–Trinajstić information content (AvgIpc) is 2.25. The molecule has 0 aromatic carbocycles. The van der Waals surface area contributed by atoms with Crippen molar-refractivity contribution < 1.29 is 23.9 Å². The van der Waals surface area contributed by atoms with E-state index in [0.29, 0.717) is 0 Å². The molecule has 6 nitrogen and oxygen atoms in total. The zero-order valence-corrected chi connectivity index (χ0v) is 9.11. The summed E-state index contributed by atoms with van der Waals surface area (Å²) in [4.78, 5) is 33.5. The molecular formula is C10H13NO5. The summed E-state index contributed by atoms with van der Waals surface area (Å²) in [6, 6.07) is -1.51. The van der Waals surface area contributed by atoms with Gasteiger partial charge in [0.25, 0.3) is 5.91 Å². The van der Waals surface area contributed by atoms with Crippen LogP contribution in [0.5, 0.6) is 0 Å². The lowest BCUT2D eigenvalue weighted by Crippen LogP contribution is -2.47. The van der Waals surface area contributed by atoms with E-state index >= 15 is 0 Å². The third kappa shape index (κ3) is 4.46. The zero-order chi connectivity index (χ0) is 12.6. The van der Waals surface area contributed by atoms with Gasteiger partial charge in [-0.15, -0.1) is 6.42 Å². The highest BCUT2D eigenvalue weighted by atomic mass is 16.6. The lowest BCUT2D eigenvalue weighted by molar-refractivity contribution is -0.159. The number of hydrogen-bond acceptors (Lipinski definition) is 5. The van der Waals surface area contributed by atoms with Gasteiger partial charge in [0.1, 0.15) is 0 Å². The van der Waals surface area contributed by atoms with Gasteiger partial charge in [0.15, 0.2) is 0 Å². The summed E-state index contributed by atoms with van der Waals surface area (Å²) >= 11 is 0. The summed E-state index contributed by atoms with van der Waals surface area (Å²) in [6.07, 6.45) is 4.80. The maximum Gasteiger partial charge on any atom is 0.340 e. The highest BCUT2D eigenvalue weighted by Gasteiger charge is 2.30. The summed E-state index contributed by atoms with van der Waals surface area (Å²) in [5.41, 5.74) is 0. The molecule has 0 saturated heterocycles. The molecule has 0 bridgehead atoms. The molecule has 0 unspecified atom stereocenters. The summed E-state index contributed by atoms with van der Waals surface area (Å²) in [6.45, 7) is 3.31. The highest BCUT2D eigenvalue weighted by Crippen LogP contribution is 1.94. The Bertz CT molecular complexity index is 300. The number of hydrogen-bond donors (Lipinski definition) is 1. The van der Waals surface area contributed by atoms with Crippen molar-refractivity contribution in [2.24, 2.45) is 0 Å². The maximum atomic E-state index is 11.3. The van der Waals surface area contributed by atoms with Crippen molar-refractivity contribution in [2.75, 3.05) is 13.2 Å². The van der Waals surface area contributed by atoms with Crippen LogP contribution in [0.1, 0.15) is 13.8 Å². The van der Waals surface area contributed by atoms with Gasteiger partial charge >= 0.3 is 11.9 Å². The summed E-state index contributed by atoms with van der Waals surface area (Å²) < 4.78 is 9.19. The molecule has 0 aromatic heterocycles. The third-order valence-corrected chi connectivity index (χ3v) is 1.45. The average molecular weight is 227 g/mol. The summed E-state index contributed by atoms with van der Waals surface area (Å²) in [5, 5.41) is 2.01. The number of terminal acetylenes is 1. The van der Waals surface area contributed by atoms with E-state index in [0.717, 1.165) is 0 Å². The second kappa shape index (κ2) is 7.29. The van der Waals surface area contributed by atoms with Crippen molar-refractivity contribution in [1.29, 1.82) is 0 Å². The van der Waals surface area contributed by atoms with Gasteiger partial charge < -0.3 is 14.8 Å². The molecule has 0 aliphatic carbocycles. The standard InChI is InChI=1S/C10H13NO5/c1-4-7(12)11-8(9(13)15-5-2)10(14)16-6-3/h1,8H,5-6H2,2-3H3,(H,11,12). The fraction of sp³-hybridized carbons (Fsp3) is 0.500. The first-order valence-corrected chi connectivity index (χ1v) is 4.67. The number of ether oxygens (including phenoxy) is 2. The van der Waals surface area contributed by atoms with Crippen LogP contribution in [0.25, 0.3) is 0 Å². The monoisotopic (exact) mass is 227 g/mol. The predicted molar refractivity (Wildman–Crippen MR) is 54.0 cm³/mol. The van der Waals surface area contributed by atoms with E-state index in [2.05, 4.69) is 9.47 Å². The lowest BCUT2D eigenvalue weighted by Gasteiger charge is -2.13. The van der Waals surface area contributed by atoms with Crippen molar-refractivity contribution in [3.05, 3.63) is 0 Å². The summed E-state index contributed by atoms with van der Waals surface area (Å²) in [5.74, 6) is -0.957. The quantitative estimate of drug-likeness (QED) is 0.379. The molecule has 0 heterocycles. The molecule has 1 amide bonds. The number of carbonyl (C=O) groups is 3. The van der Waals surface area contributed by atoms with Crippen LogP contribution in [0.15, 0.2) is 0 Å². The van der Waals surface area contributed by atoms with E-state index in [1.807, 2.05) is 5.32 Å². The number of esters is 2. The molecule has 0 aromatic rings. The van der Waals surface area contributed by atoms with Gasteiger partial charge in [0.05, 0.1) is 13.2 Å². The fourth-order valence-electron chi connectivity index (χ4n) is 0.838. The molecule has 88 valence electrons. The maximum absolute atomic E-state index is 11.3. The molecule has 0 fully saturated rings. The minimum atomic E-state index is -1.51. The van der Waals surface area contributed by atoms with Gasteiger partial charge in [-0.2, -0.15) is 0 Å². The molecule has 0 spiro atoms. The van der Waals surface area contributed by atoms with Gasteiger partial charge in [0.2, 0.25) is 6.04 Å². The molecule has 0 radical (unpaired) electrons. The van der Waals surface area contributed by atoms with Crippen LogP contribution in [0.2, 0.25) is 0 Å². The first kappa shape index (κ1) is 14.0. The zero-order valence-electron chi connectivity index (χ0n) is 9.11. The molecule has 16 heavy (non-hydrogen) atoms. The minimum Gasteiger partial charge on any atom is -0.464 e. The van der Waals surface area contributed by atoms with Crippen molar-refractivity contribution in [2.45, 2.75) is 19.9 Å². The Balaban J connectivity index is 4.63. The Morgan fingerprint density at radius 2 is 1.62 bits per heavy atom. The fourth-order valence-corrected chi connectivity index (χ4v) is 0.838. The molecule has 0 aliphatic heterocycles. The van der Waals surface area contributed by atoms with Gasteiger partial charge in [-0.3, -0.25) is 4.79 Å². The smallest absolute Gasteiger partial charge is 0.340 e. The van der Waals surface area contributed by atoms with Gasteiger partial charge in [0, 0.05) is 0 Å². The molecule has 0 aliphatic rings. The SMILES string of the molecule is C#CC(=O)NC(C(=O)OCC)C(=O)OCC. The van der Waals surface area contributed by atoms with Crippen LogP contribution in [0.3, 0.4) is 0 Å². The first-order valence-electron chi connectivity index (χ1n) is 4.67. The Morgan fingerprint density at radius 1 is 1.19 bits per heavy atom. The van der Waals surface area contributed by atoms with Crippen LogP contribution in [0.4, 0.5) is 0 Å². The van der Waals surface area contributed by atoms with E-state index < -0.39 is 23.9 Å². The van der Waals surface area contributed by atoms with Gasteiger partial charge in [-0.25, -0.2) is 9.59 Å². The minimum absolute atomic E-state index is 0.0840. The Labute approximate surface area is 93.3 Å². The number of amides is 1. The number of rotatable bonds is 5. The van der Waals surface area contributed by atoms with Crippen molar-refractivity contribution in [3.63, 3.8) is 0 Å². The molecule has 1 N–H and O–H groups in total. The molecule has 0 saturated carbocycles. The van der Waals surface area contributed by atoms with Crippen molar-refractivity contribution in [1.82, 2.24) is 5.32 Å². The van der Waals surface area contributed by atoms with Crippen LogP contribution >= 0.6 is 0 Å². The summed E-state index contributed by atoms with van der Waals surface area (Å²) in [7, 11) is 0. The Hall–Kier alpha value is -2.03.